The van der Waals surface area contributed by atoms with E-state index in [0.717, 1.165) is 48.8 Å². The minimum Gasteiger partial charge on any atom is -0.382 e. The van der Waals surface area contributed by atoms with Crippen LogP contribution in [0.2, 0.25) is 0 Å². The van der Waals surface area contributed by atoms with Crippen molar-refractivity contribution < 1.29 is 14.3 Å². The average Bonchev–Trinajstić information content (AvgIpc) is 3.23. The van der Waals surface area contributed by atoms with E-state index in [1.54, 1.807) is 6.20 Å². The molecule has 1 aromatic heterocycles. The summed E-state index contributed by atoms with van der Waals surface area (Å²) in [5.41, 5.74) is 3.45. The summed E-state index contributed by atoms with van der Waals surface area (Å²) in [4.78, 5) is 39.4. The highest BCUT2D eigenvalue weighted by molar-refractivity contribution is 8.03. The Hall–Kier alpha value is -3.47. The fraction of sp³-hybridized carbons (Fsp3) is 0.438. The Labute approximate surface area is 253 Å². The number of aromatic nitrogens is 2. The number of nitrogens with zero attached hydrogens (tertiary/aromatic N) is 4. The number of hydrogen-bond donors (Lipinski definition) is 2. The number of carbonyl (C=O) groups excluding carboxylic acids is 2. The lowest BCUT2D eigenvalue weighted by molar-refractivity contribution is -0.123. The molecule has 1 fully saturated rings. The molecule has 1 aromatic carbocycles. The van der Waals surface area contributed by atoms with E-state index in [-0.39, 0.29) is 17.9 Å². The standard InChI is InChI=1S/C32H42N6O3S/c1-4-41-21-6-22-42-28-8-5-7-25(11-14-28)29-15-16-33-32(36-29)35-27-12-9-26(10-13-27)31(40)38-19-17-37(18-20-38)23-30(39)34-24(2)3/h5,8-16,24H,4,6-7,17-23H2,1-3H3,(H,34,39)(H,33,35,36). The number of amides is 2. The van der Waals surface area contributed by atoms with Crippen molar-refractivity contribution in [1.82, 2.24) is 25.1 Å². The van der Waals surface area contributed by atoms with Gasteiger partial charge in [-0.3, -0.25) is 14.5 Å². The van der Waals surface area contributed by atoms with E-state index < -0.39 is 0 Å². The lowest BCUT2D eigenvalue weighted by Gasteiger charge is -2.34. The van der Waals surface area contributed by atoms with Gasteiger partial charge in [-0.05, 0) is 75.6 Å². The van der Waals surface area contributed by atoms with E-state index in [4.69, 9.17) is 9.72 Å². The van der Waals surface area contributed by atoms with E-state index in [0.29, 0.717) is 44.2 Å². The molecular formula is C32H42N6O3S. The average molecular weight is 591 g/mol. The smallest absolute Gasteiger partial charge is 0.253 e. The molecule has 2 aliphatic rings. The number of thioether (sulfide) groups is 1. The molecule has 0 bridgehead atoms. The number of rotatable bonds is 13. The summed E-state index contributed by atoms with van der Waals surface area (Å²) < 4.78 is 5.43. The molecule has 10 heteroatoms. The van der Waals surface area contributed by atoms with Gasteiger partial charge < -0.3 is 20.3 Å². The van der Waals surface area contributed by atoms with Crippen LogP contribution in [0.1, 0.15) is 49.7 Å². The molecule has 2 amide bonds. The Bertz CT molecular complexity index is 1280. The van der Waals surface area contributed by atoms with Crippen molar-refractivity contribution in [3.8, 4) is 0 Å². The van der Waals surface area contributed by atoms with Crippen LogP contribution < -0.4 is 10.6 Å². The summed E-state index contributed by atoms with van der Waals surface area (Å²) in [5, 5.41) is 6.19. The molecule has 1 aliphatic heterocycles. The number of anilines is 2. The molecule has 0 radical (unpaired) electrons. The molecule has 1 aliphatic carbocycles. The maximum absolute atomic E-state index is 13.1. The van der Waals surface area contributed by atoms with Crippen molar-refractivity contribution in [2.24, 2.45) is 0 Å². The second-order valence-electron chi connectivity index (χ2n) is 10.5. The second kappa shape index (κ2) is 16.2. The maximum atomic E-state index is 13.1. The molecule has 42 heavy (non-hydrogen) atoms. The van der Waals surface area contributed by atoms with Gasteiger partial charge in [-0.25, -0.2) is 9.97 Å². The SMILES string of the molecule is CCOCCCSC1=CC=C(c2ccnc(Nc3ccc(C(=O)N4CCN(CC(=O)NC(C)C)CC4)cc3)n2)CC=C1. The van der Waals surface area contributed by atoms with Crippen molar-refractivity contribution in [1.29, 1.82) is 0 Å². The fourth-order valence-corrected chi connectivity index (χ4v) is 5.53. The van der Waals surface area contributed by atoms with Gasteiger partial charge in [0.2, 0.25) is 11.9 Å². The molecule has 9 nitrogen and oxygen atoms in total. The number of ether oxygens (including phenoxy) is 1. The minimum atomic E-state index is -0.000634. The van der Waals surface area contributed by atoms with Gasteiger partial charge in [0.25, 0.3) is 5.91 Å². The van der Waals surface area contributed by atoms with Gasteiger partial charge >= 0.3 is 0 Å². The van der Waals surface area contributed by atoms with Crippen LogP contribution in [0.4, 0.5) is 11.6 Å². The van der Waals surface area contributed by atoms with Crippen LogP contribution in [0.15, 0.2) is 65.7 Å². The lowest BCUT2D eigenvalue weighted by atomic mass is 10.1. The minimum absolute atomic E-state index is 0.000634. The number of benzene rings is 1. The lowest BCUT2D eigenvalue weighted by Crippen LogP contribution is -2.51. The maximum Gasteiger partial charge on any atom is 0.253 e. The Balaban J connectivity index is 1.29. The highest BCUT2D eigenvalue weighted by atomic mass is 32.2. The predicted octanol–water partition coefficient (Wildman–Crippen LogP) is 4.89. The quantitative estimate of drug-likeness (QED) is 0.318. The van der Waals surface area contributed by atoms with Gasteiger partial charge in [-0.1, -0.05) is 18.2 Å². The molecule has 224 valence electrons. The van der Waals surface area contributed by atoms with Crippen molar-refractivity contribution in [3.63, 3.8) is 0 Å². The van der Waals surface area contributed by atoms with E-state index in [1.165, 1.54) is 4.91 Å². The number of nitrogens with one attached hydrogen (secondary N) is 2. The topological polar surface area (TPSA) is 99.7 Å². The zero-order valence-electron chi connectivity index (χ0n) is 24.8. The van der Waals surface area contributed by atoms with Crippen LogP contribution in [-0.4, -0.2) is 89.3 Å². The molecule has 0 atom stereocenters. The third-order valence-electron chi connectivity index (χ3n) is 6.82. The van der Waals surface area contributed by atoms with Crippen molar-refractivity contribution in [3.05, 3.63) is 77.0 Å². The van der Waals surface area contributed by atoms with Crippen molar-refractivity contribution in [2.75, 3.05) is 57.0 Å². The number of piperazine rings is 1. The first-order valence-corrected chi connectivity index (χ1v) is 15.7. The third-order valence-corrected chi connectivity index (χ3v) is 7.92. The van der Waals surface area contributed by atoms with E-state index in [2.05, 4.69) is 44.8 Å². The van der Waals surface area contributed by atoms with Gasteiger partial charge in [0.1, 0.15) is 0 Å². The summed E-state index contributed by atoms with van der Waals surface area (Å²) >= 11 is 1.84. The van der Waals surface area contributed by atoms with Gasteiger partial charge in [0, 0.05) is 73.5 Å². The zero-order valence-corrected chi connectivity index (χ0v) is 25.7. The van der Waals surface area contributed by atoms with Crippen molar-refractivity contribution >= 4 is 40.8 Å². The predicted molar refractivity (Wildman–Crippen MR) is 171 cm³/mol. The molecular weight excluding hydrogens is 548 g/mol. The molecule has 0 unspecified atom stereocenters. The van der Waals surface area contributed by atoms with Crippen molar-refractivity contribution in [2.45, 2.75) is 39.7 Å². The monoisotopic (exact) mass is 590 g/mol. The van der Waals surface area contributed by atoms with Gasteiger partial charge in [0.15, 0.2) is 0 Å². The first kappa shape index (κ1) is 31.5. The first-order valence-electron chi connectivity index (χ1n) is 14.7. The van der Waals surface area contributed by atoms with E-state index in [1.807, 2.05) is 67.8 Å². The van der Waals surface area contributed by atoms with Crippen LogP contribution in [0.25, 0.3) is 5.57 Å². The number of hydrogen-bond acceptors (Lipinski definition) is 8. The van der Waals surface area contributed by atoms with Gasteiger partial charge in [-0.2, -0.15) is 0 Å². The fourth-order valence-electron chi connectivity index (χ4n) is 4.68. The molecule has 4 rings (SSSR count). The van der Waals surface area contributed by atoms with Crippen LogP contribution in [0.5, 0.6) is 0 Å². The molecule has 2 aromatic rings. The largest absolute Gasteiger partial charge is 0.382 e. The highest BCUT2D eigenvalue weighted by Crippen LogP contribution is 2.26. The van der Waals surface area contributed by atoms with E-state index in [9.17, 15) is 9.59 Å². The van der Waals surface area contributed by atoms with Crippen LogP contribution in [0, 0.1) is 0 Å². The van der Waals surface area contributed by atoms with Gasteiger partial charge in [-0.15, -0.1) is 11.8 Å². The normalized spacial score (nSPS) is 15.7. The Morgan fingerprint density at radius 3 is 2.60 bits per heavy atom. The van der Waals surface area contributed by atoms with Crippen LogP contribution in [-0.2, 0) is 9.53 Å². The zero-order chi connectivity index (χ0) is 29.7. The summed E-state index contributed by atoms with van der Waals surface area (Å²) in [6, 6.07) is 9.46. The summed E-state index contributed by atoms with van der Waals surface area (Å²) in [6.45, 7) is 10.4. The summed E-state index contributed by atoms with van der Waals surface area (Å²) in [6.07, 6.45) is 12.2. The first-order chi connectivity index (χ1) is 20.4. The number of carbonyl (C=O) groups is 2. The Morgan fingerprint density at radius 2 is 1.86 bits per heavy atom. The van der Waals surface area contributed by atoms with E-state index >= 15 is 0 Å². The van der Waals surface area contributed by atoms with Crippen LogP contribution in [0.3, 0.4) is 0 Å². The highest BCUT2D eigenvalue weighted by Gasteiger charge is 2.23. The molecule has 1 saturated heterocycles. The summed E-state index contributed by atoms with van der Waals surface area (Å²) in [7, 11) is 0. The molecule has 0 spiro atoms. The second-order valence-corrected chi connectivity index (χ2v) is 11.7. The molecule has 0 saturated carbocycles. The molecule has 2 heterocycles. The Kier molecular flexibility index (Phi) is 12.2. The third kappa shape index (κ3) is 9.82. The van der Waals surface area contributed by atoms with Crippen LogP contribution >= 0.6 is 11.8 Å². The number of allylic oxidation sites excluding steroid dienone is 5. The summed E-state index contributed by atoms with van der Waals surface area (Å²) in [5.74, 6) is 1.56. The Morgan fingerprint density at radius 1 is 1.07 bits per heavy atom. The molecule has 2 N–H and O–H groups in total. The van der Waals surface area contributed by atoms with Gasteiger partial charge in [0.05, 0.1) is 12.2 Å².